The number of hydrogen-bond donors (Lipinski definition) is 2. The Hall–Kier alpha value is -2.77. The van der Waals surface area contributed by atoms with Crippen LogP contribution < -0.4 is 11.1 Å². The second-order valence-electron chi connectivity index (χ2n) is 9.66. The predicted octanol–water partition coefficient (Wildman–Crippen LogP) is 5.70. The van der Waals surface area contributed by atoms with Gasteiger partial charge in [0.1, 0.15) is 5.58 Å². The molecule has 1 saturated carbocycles. The van der Waals surface area contributed by atoms with E-state index in [1.807, 2.05) is 60.3 Å². The second-order valence-corrected chi connectivity index (χ2v) is 11.0. The molecule has 2 heterocycles. The molecule has 184 valence electrons. The number of thioether (sulfide) groups is 1. The molecule has 1 unspecified atom stereocenters. The van der Waals surface area contributed by atoms with Crippen LogP contribution in [0.15, 0.2) is 52.9 Å². The van der Waals surface area contributed by atoms with E-state index >= 15 is 0 Å². The lowest BCUT2D eigenvalue weighted by molar-refractivity contribution is -0.122. The highest BCUT2D eigenvalue weighted by atomic mass is 32.2. The van der Waals surface area contributed by atoms with Crippen LogP contribution in [0.1, 0.15) is 66.6 Å². The number of primary amides is 1. The minimum atomic E-state index is -0.268. The monoisotopic (exact) mass is 491 g/mol. The van der Waals surface area contributed by atoms with Gasteiger partial charge in [-0.3, -0.25) is 14.5 Å². The highest BCUT2D eigenvalue weighted by molar-refractivity contribution is 7.99. The van der Waals surface area contributed by atoms with E-state index in [2.05, 4.69) is 10.2 Å². The summed E-state index contributed by atoms with van der Waals surface area (Å²) < 4.78 is 6.07. The number of nitrogens with one attached hydrogen (secondary N) is 1. The first-order valence-electron chi connectivity index (χ1n) is 12.6. The maximum absolute atomic E-state index is 13.4. The van der Waals surface area contributed by atoms with Crippen molar-refractivity contribution in [1.29, 1.82) is 0 Å². The van der Waals surface area contributed by atoms with Gasteiger partial charge in [0, 0.05) is 34.2 Å². The van der Waals surface area contributed by atoms with Crippen molar-refractivity contribution in [3.8, 4) is 0 Å². The molecule has 7 heteroatoms. The molecule has 0 spiro atoms. The first-order chi connectivity index (χ1) is 17.1. The summed E-state index contributed by atoms with van der Waals surface area (Å²) in [4.78, 5) is 27.2. The van der Waals surface area contributed by atoms with Crippen molar-refractivity contribution in [2.45, 2.75) is 68.5 Å². The van der Waals surface area contributed by atoms with Crippen LogP contribution in [-0.4, -0.2) is 34.6 Å². The third-order valence-corrected chi connectivity index (χ3v) is 8.58. The zero-order valence-corrected chi connectivity index (χ0v) is 20.8. The zero-order chi connectivity index (χ0) is 24.2. The number of nitrogens with zero attached hydrogens (tertiary/aromatic N) is 1. The number of likely N-dealkylation sites (tertiary alicyclic amines) is 1. The van der Waals surface area contributed by atoms with Gasteiger partial charge in [0.15, 0.2) is 5.76 Å². The molecule has 35 heavy (non-hydrogen) atoms. The fourth-order valence-corrected chi connectivity index (χ4v) is 6.72. The lowest BCUT2D eigenvalue weighted by atomic mass is 10.0. The van der Waals surface area contributed by atoms with Crippen molar-refractivity contribution in [2.24, 2.45) is 5.73 Å². The van der Waals surface area contributed by atoms with Gasteiger partial charge in [-0.2, -0.15) is 11.8 Å². The summed E-state index contributed by atoms with van der Waals surface area (Å²) in [6.07, 6.45) is 8.21. The Morgan fingerprint density at radius 2 is 1.86 bits per heavy atom. The first-order valence-corrected chi connectivity index (χ1v) is 13.7. The van der Waals surface area contributed by atoms with Gasteiger partial charge >= 0.3 is 0 Å². The quantitative estimate of drug-likeness (QED) is 0.422. The molecule has 1 aliphatic heterocycles. The lowest BCUT2D eigenvalue weighted by Crippen LogP contribution is -2.39. The van der Waals surface area contributed by atoms with Crippen molar-refractivity contribution >= 4 is 40.2 Å². The number of nitrogens with two attached hydrogens (primary N) is 1. The molecular weight excluding hydrogens is 458 g/mol. The molecule has 1 aromatic heterocycles. The number of carbonyl (C=O) groups is 2. The average Bonchev–Trinajstić information content (AvgIpc) is 3.48. The third-order valence-electron chi connectivity index (χ3n) is 7.18. The van der Waals surface area contributed by atoms with Crippen molar-refractivity contribution in [3.63, 3.8) is 0 Å². The Labute approximate surface area is 210 Å². The number of amides is 2. The van der Waals surface area contributed by atoms with E-state index in [1.54, 1.807) is 0 Å². The SMILES string of the molecule is NC(=O)C1CCCN1Cc1cccc(NC(=O)c2oc3ccccc3c2CSC2CCCCC2)c1. The molecule has 2 amide bonds. The predicted molar refractivity (Wildman–Crippen MR) is 141 cm³/mol. The second kappa shape index (κ2) is 10.9. The van der Waals surface area contributed by atoms with Crippen molar-refractivity contribution in [1.82, 2.24) is 4.90 Å². The van der Waals surface area contributed by atoms with Crippen LogP contribution in [0, 0.1) is 0 Å². The Morgan fingerprint density at radius 1 is 1.03 bits per heavy atom. The van der Waals surface area contributed by atoms with Crippen molar-refractivity contribution in [2.75, 3.05) is 11.9 Å². The van der Waals surface area contributed by atoms with Crippen LogP contribution >= 0.6 is 11.8 Å². The first kappa shape index (κ1) is 23.9. The average molecular weight is 492 g/mol. The van der Waals surface area contributed by atoms with Gasteiger partial charge in [-0.25, -0.2) is 0 Å². The number of carbonyl (C=O) groups excluding carboxylic acids is 2. The summed E-state index contributed by atoms with van der Waals surface area (Å²) in [5.74, 6) is 0.672. The van der Waals surface area contributed by atoms with Gasteiger partial charge in [0.25, 0.3) is 5.91 Å². The number of furan rings is 1. The number of fused-ring (bicyclic) bond motifs is 1. The Kier molecular flexibility index (Phi) is 7.44. The van der Waals surface area contributed by atoms with E-state index in [4.69, 9.17) is 10.2 Å². The number of para-hydroxylation sites is 1. The molecule has 1 saturated heterocycles. The zero-order valence-electron chi connectivity index (χ0n) is 20.0. The fourth-order valence-electron chi connectivity index (χ4n) is 5.37. The minimum absolute atomic E-state index is 0.215. The Balaban J connectivity index is 1.32. The molecule has 2 aliphatic rings. The molecule has 5 rings (SSSR count). The summed E-state index contributed by atoms with van der Waals surface area (Å²) in [6, 6.07) is 15.5. The highest BCUT2D eigenvalue weighted by Crippen LogP contribution is 2.35. The number of hydrogen-bond acceptors (Lipinski definition) is 5. The maximum atomic E-state index is 13.4. The summed E-state index contributed by atoms with van der Waals surface area (Å²) in [6.45, 7) is 1.48. The van der Waals surface area contributed by atoms with Crippen molar-refractivity contribution < 1.29 is 14.0 Å². The summed E-state index contributed by atoms with van der Waals surface area (Å²) in [5, 5.41) is 4.71. The van der Waals surface area contributed by atoms with E-state index < -0.39 is 0 Å². The standard InChI is InChI=1S/C28H33N3O3S/c29-27(32)24-13-7-15-31(24)17-19-8-6-9-20(16-19)30-28(33)26-23(18-35-21-10-2-1-3-11-21)22-12-4-5-14-25(22)34-26/h4-6,8-9,12,14,16,21,24H,1-3,7,10-11,13,15,17-18H2,(H2,29,32)(H,30,33). The molecule has 3 N–H and O–H groups in total. The van der Waals surface area contributed by atoms with Crippen LogP contribution in [-0.2, 0) is 17.1 Å². The summed E-state index contributed by atoms with van der Waals surface area (Å²) in [7, 11) is 0. The normalized spacial score (nSPS) is 19.3. The molecule has 1 aliphatic carbocycles. The Bertz CT molecular complexity index is 1200. The molecule has 2 aromatic carbocycles. The van der Waals surface area contributed by atoms with Crippen LogP contribution in [0.5, 0.6) is 0 Å². The smallest absolute Gasteiger partial charge is 0.291 e. The van der Waals surface area contributed by atoms with Crippen LogP contribution in [0.2, 0.25) is 0 Å². The lowest BCUT2D eigenvalue weighted by Gasteiger charge is -2.22. The van der Waals surface area contributed by atoms with E-state index in [0.29, 0.717) is 23.2 Å². The highest BCUT2D eigenvalue weighted by Gasteiger charge is 2.29. The molecule has 6 nitrogen and oxygen atoms in total. The number of rotatable bonds is 8. The fraction of sp³-hybridized carbons (Fsp3) is 0.429. The van der Waals surface area contributed by atoms with E-state index in [0.717, 1.165) is 47.2 Å². The van der Waals surface area contributed by atoms with Gasteiger partial charge in [-0.1, -0.05) is 49.6 Å². The molecule has 3 aromatic rings. The van der Waals surface area contributed by atoms with Gasteiger partial charge < -0.3 is 15.5 Å². The number of benzene rings is 2. The largest absolute Gasteiger partial charge is 0.451 e. The van der Waals surface area contributed by atoms with E-state index in [-0.39, 0.29) is 17.9 Å². The molecule has 2 fully saturated rings. The van der Waals surface area contributed by atoms with Gasteiger partial charge in [0.05, 0.1) is 6.04 Å². The van der Waals surface area contributed by atoms with Crippen LogP contribution in [0.4, 0.5) is 5.69 Å². The van der Waals surface area contributed by atoms with Crippen LogP contribution in [0.3, 0.4) is 0 Å². The molecule has 0 bridgehead atoms. The van der Waals surface area contributed by atoms with E-state index in [9.17, 15) is 9.59 Å². The van der Waals surface area contributed by atoms with Crippen molar-refractivity contribution in [3.05, 3.63) is 65.4 Å². The topological polar surface area (TPSA) is 88.6 Å². The maximum Gasteiger partial charge on any atom is 0.291 e. The Morgan fingerprint density at radius 3 is 2.69 bits per heavy atom. The summed E-state index contributed by atoms with van der Waals surface area (Å²) in [5.41, 5.74) is 9.05. The van der Waals surface area contributed by atoms with Gasteiger partial charge in [-0.05, 0) is 56.0 Å². The summed E-state index contributed by atoms with van der Waals surface area (Å²) >= 11 is 1.95. The molecular formula is C28H33N3O3S. The van der Waals surface area contributed by atoms with Gasteiger partial charge in [-0.15, -0.1) is 0 Å². The molecule has 1 atom stereocenters. The number of anilines is 1. The molecule has 0 radical (unpaired) electrons. The van der Waals surface area contributed by atoms with Gasteiger partial charge in [0.2, 0.25) is 5.91 Å². The third kappa shape index (κ3) is 5.57. The minimum Gasteiger partial charge on any atom is -0.451 e. The van der Waals surface area contributed by atoms with E-state index in [1.165, 1.54) is 32.1 Å². The van der Waals surface area contributed by atoms with Crippen LogP contribution in [0.25, 0.3) is 11.0 Å².